The molecule has 2 aliphatic heterocycles. The molecule has 2 saturated heterocycles. The summed E-state index contributed by atoms with van der Waals surface area (Å²) in [7, 11) is 0. The second kappa shape index (κ2) is 55.1. The van der Waals surface area contributed by atoms with Crippen LogP contribution in [0.2, 0.25) is 10.0 Å². The number of amides is 6. The molecule has 2 aromatic heterocycles. The molecule has 0 aliphatic carbocycles. The molecule has 2 aliphatic rings. The zero-order valence-electron chi connectivity index (χ0n) is 67.6. The van der Waals surface area contributed by atoms with Gasteiger partial charge in [-0.25, -0.2) is 29.5 Å². The van der Waals surface area contributed by atoms with E-state index in [9.17, 15) is 39.0 Å². The Labute approximate surface area is 706 Å². The predicted octanol–water partition coefficient (Wildman–Crippen LogP) is 0.738. The third-order valence-corrected chi connectivity index (χ3v) is 18.8. The van der Waals surface area contributed by atoms with Crippen molar-refractivity contribution in [1.82, 2.24) is 71.4 Å². The number of nitrogens with zero attached hydrogens (tertiary/aromatic N) is 12. The quantitative estimate of drug-likeness (QED) is 0.0142. The van der Waals surface area contributed by atoms with Gasteiger partial charge < -0.3 is 122 Å². The minimum absolute atomic E-state index is 0.0274. The summed E-state index contributed by atoms with van der Waals surface area (Å²) in [5, 5.41) is 37.9. The Morgan fingerprint density at radius 3 is 0.967 bits per heavy atom. The van der Waals surface area contributed by atoms with Crippen LogP contribution in [0.25, 0.3) is 44.3 Å². The molecule has 0 saturated carbocycles. The second-order valence-corrected chi connectivity index (χ2v) is 28.2. The first-order chi connectivity index (χ1) is 58.3. The molecule has 0 radical (unpaired) electrons. The van der Waals surface area contributed by atoms with E-state index >= 15 is 0 Å². The Kier molecular flexibility index (Phi) is 43.9. The lowest BCUT2D eigenvalue weighted by Crippen LogP contribution is -2.47. The number of hydrogen-bond acceptors (Lipinski definition) is 28. The highest BCUT2D eigenvalue weighted by atomic mass is 35.5. The molecule has 2 fully saturated rings. The predicted molar refractivity (Wildman–Crippen MR) is 453 cm³/mol. The molecule has 0 atom stereocenters. The maximum absolute atomic E-state index is 12.7. The largest absolute Gasteiger partial charge is 0.480 e. The van der Waals surface area contributed by atoms with Crippen molar-refractivity contribution in [2.24, 2.45) is 32.9 Å². The van der Waals surface area contributed by atoms with Crippen LogP contribution in [0, 0.1) is 0 Å². The second-order valence-electron chi connectivity index (χ2n) is 27.3. The number of ether oxygens (including phenoxy) is 10. The molecule has 4 aromatic carbocycles. The number of carboxylic acids is 2. The van der Waals surface area contributed by atoms with E-state index in [0.717, 1.165) is 98.7 Å². The van der Waals surface area contributed by atoms with Crippen molar-refractivity contribution in [2.75, 3.05) is 286 Å². The number of nitrogens with two attached hydrogens (primary N) is 4. The van der Waals surface area contributed by atoms with Crippen LogP contribution in [-0.2, 0) is 66.5 Å². The van der Waals surface area contributed by atoms with E-state index in [4.69, 9.17) is 93.5 Å². The van der Waals surface area contributed by atoms with Crippen molar-refractivity contribution in [3.63, 3.8) is 0 Å². The van der Waals surface area contributed by atoms with Gasteiger partial charge in [0.2, 0.25) is 11.8 Å². The topological polar surface area (TPSA) is 507 Å². The lowest BCUT2D eigenvalue weighted by molar-refractivity contribution is -0.141. The molecular formula is C78H114Cl2N22O18. The lowest BCUT2D eigenvalue weighted by atomic mass is 10.1. The van der Waals surface area contributed by atoms with Crippen LogP contribution in [0.5, 0.6) is 0 Å². The first-order valence-electron chi connectivity index (χ1n) is 39.8. The van der Waals surface area contributed by atoms with Crippen LogP contribution in [0.15, 0.2) is 94.9 Å². The van der Waals surface area contributed by atoms with Gasteiger partial charge in [-0.3, -0.25) is 38.8 Å². The van der Waals surface area contributed by atoms with Gasteiger partial charge in [0.15, 0.2) is 11.9 Å². The van der Waals surface area contributed by atoms with Gasteiger partial charge in [-0.1, -0.05) is 47.5 Å². The number of rotatable bonds is 59. The van der Waals surface area contributed by atoms with E-state index < -0.39 is 36.8 Å². The zero-order chi connectivity index (χ0) is 85.3. The number of guanidine groups is 2. The number of aliphatic imine (C=N–C) groups is 2. The number of piperazine rings is 2. The smallest absolute Gasteiger partial charge is 0.317 e. The Bertz CT molecular complexity index is 3890. The standard InChI is InChI=1S/C78H114Cl2N22O18/c79-59-5-11-65-63(51-59)71(93-75(91-65)95-73(81)82)57-1-7-61(8-2-57)101-25-21-97(22-26-101)29-37-117-45-49-119-47-43-115-35-17-89-77(109)87-15-33-113-41-39-111-31-13-85-67(103)53-99(55-69(105)106)19-20-100(56-70(107)108)54-68(104)86-14-32-112-40-42-114-34-16-88-78(110)90-18-36-116-44-48-120-50-46-118-38-30-98-23-27-102(28-24-98)62-9-3-58(4-10-62)72-64-52-60(80)6-12-66(64)92-76(94-72)96-74(83)84/h1-12,51-52H,13-50,53-56H2,(H,85,103)(H,86,104)(H,105,106)(H,107,108)(H2,87,89,109)(H2,88,90,110)(H4,81,82,91,93,95)(H4,83,84,92,94,96). The normalized spacial score (nSPS) is 13.2. The fourth-order valence-electron chi connectivity index (χ4n) is 12.4. The van der Waals surface area contributed by atoms with E-state index in [1.165, 1.54) is 9.80 Å². The molecule has 8 rings (SSSR count). The lowest BCUT2D eigenvalue weighted by Gasteiger charge is -2.36. The van der Waals surface area contributed by atoms with Gasteiger partial charge in [0, 0.05) is 161 Å². The van der Waals surface area contributed by atoms with Gasteiger partial charge >= 0.3 is 24.0 Å². The molecule has 0 spiro atoms. The number of anilines is 2. The molecule has 120 heavy (non-hydrogen) atoms. The summed E-state index contributed by atoms with van der Waals surface area (Å²) in [6, 6.07) is 26.6. The van der Waals surface area contributed by atoms with Crippen molar-refractivity contribution in [3.8, 4) is 22.5 Å². The number of aliphatic carboxylic acids is 2. The minimum atomic E-state index is -1.20. The number of fused-ring (bicyclic) bond motifs is 2. The summed E-state index contributed by atoms with van der Waals surface area (Å²) < 4.78 is 56.0. The molecule has 40 nitrogen and oxygen atoms in total. The van der Waals surface area contributed by atoms with Gasteiger partial charge in [-0.05, 0) is 60.7 Å². The monoisotopic (exact) mass is 1720 g/mol. The molecule has 0 unspecified atom stereocenters. The number of urea groups is 2. The fourth-order valence-corrected chi connectivity index (χ4v) is 12.7. The van der Waals surface area contributed by atoms with Crippen molar-refractivity contribution in [2.45, 2.75) is 0 Å². The number of carbonyl (C=O) groups excluding carboxylic acids is 4. The Hall–Kier alpha value is -9.86. The molecular weight excluding hydrogens is 1600 g/mol. The molecule has 6 aromatic rings. The first-order valence-corrected chi connectivity index (χ1v) is 40.6. The van der Waals surface area contributed by atoms with Gasteiger partial charge in [-0.2, -0.15) is 9.98 Å². The summed E-state index contributed by atoms with van der Waals surface area (Å²) in [5.41, 5.74) is 29.2. The maximum Gasteiger partial charge on any atom is 0.317 e. The third kappa shape index (κ3) is 37.8. The zero-order valence-corrected chi connectivity index (χ0v) is 69.2. The summed E-state index contributed by atoms with van der Waals surface area (Å²) in [6.45, 7) is 15.2. The van der Waals surface area contributed by atoms with Gasteiger partial charge in [-0.15, -0.1) is 0 Å². The molecule has 6 amide bonds. The van der Waals surface area contributed by atoms with Crippen molar-refractivity contribution < 1.29 is 86.3 Å². The van der Waals surface area contributed by atoms with E-state index in [1.54, 1.807) is 12.1 Å². The molecule has 0 bridgehead atoms. The summed E-state index contributed by atoms with van der Waals surface area (Å²) in [5.74, 6) is -3.26. The number of hydrogen-bond donors (Lipinski definition) is 12. The number of halogens is 2. The minimum Gasteiger partial charge on any atom is -0.480 e. The first kappa shape index (κ1) is 95.6. The number of nitrogens with one attached hydrogen (secondary N) is 6. The summed E-state index contributed by atoms with van der Waals surface area (Å²) in [4.78, 5) is 112. The number of carboxylic acid groups (broad SMARTS) is 2. The highest BCUT2D eigenvalue weighted by Gasteiger charge is 2.23. The maximum atomic E-state index is 12.7. The van der Waals surface area contributed by atoms with Crippen LogP contribution in [0.3, 0.4) is 0 Å². The Morgan fingerprint density at radius 1 is 0.375 bits per heavy atom. The van der Waals surface area contributed by atoms with E-state index in [0.29, 0.717) is 125 Å². The Morgan fingerprint density at radius 2 is 0.667 bits per heavy atom. The highest BCUT2D eigenvalue weighted by Crippen LogP contribution is 2.34. The molecule has 16 N–H and O–H groups in total. The van der Waals surface area contributed by atoms with Crippen LogP contribution in [0.4, 0.5) is 32.9 Å². The number of benzene rings is 4. The van der Waals surface area contributed by atoms with Crippen LogP contribution in [-0.4, -0.2) is 374 Å². The SMILES string of the molecule is NC(N)=Nc1nc(-c2ccc(N3CCN(CCOCCOCCOCCNC(=O)NCCOCCOCCNC(=O)CN(CCN(CC(=O)O)CC(=O)NCCOCCOCCNC(=O)NCCOCCOCCOCCN4CCN(c5ccc(-c6nc(N=C(N)N)nc7ccc(Cl)cc67)cc5)CC4)CC(=O)O)CC3)cc2)c2cc(Cl)ccc2n1. The average Bonchev–Trinajstić information content (AvgIpc) is 0.787. The van der Waals surface area contributed by atoms with E-state index in [2.05, 4.69) is 106 Å². The van der Waals surface area contributed by atoms with Crippen molar-refractivity contribution in [3.05, 3.63) is 95.0 Å². The van der Waals surface area contributed by atoms with Gasteiger partial charge in [0.1, 0.15) is 0 Å². The van der Waals surface area contributed by atoms with Crippen molar-refractivity contribution in [1.29, 1.82) is 0 Å². The van der Waals surface area contributed by atoms with Gasteiger partial charge in [0.05, 0.1) is 181 Å². The van der Waals surface area contributed by atoms with Crippen molar-refractivity contribution >= 4 is 116 Å². The number of carbonyl (C=O) groups is 6. The highest BCUT2D eigenvalue weighted by molar-refractivity contribution is 6.32. The van der Waals surface area contributed by atoms with Crippen LogP contribution in [0.1, 0.15) is 0 Å². The molecule has 4 heterocycles. The number of aromatic nitrogens is 4. The Balaban J connectivity index is 0.524. The molecule has 658 valence electrons. The summed E-state index contributed by atoms with van der Waals surface area (Å²) in [6.07, 6.45) is 0. The van der Waals surface area contributed by atoms with E-state index in [1.807, 2.05) is 48.5 Å². The van der Waals surface area contributed by atoms with E-state index in [-0.39, 0.29) is 141 Å². The molecule has 42 heteroatoms. The third-order valence-electron chi connectivity index (χ3n) is 18.3. The van der Waals surface area contributed by atoms with Crippen LogP contribution >= 0.6 is 23.2 Å². The van der Waals surface area contributed by atoms with Crippen LogP contribution < -0.4 is 64.6 Å². The van der Waals surface area contributed by atoms with Gasteiger partial charge in [0.25, 0.3) is 11.9 Å². The summed E-state index contributed by atoms with van der Waals surface area (Å²) >= 11 is 12.6. The average molecular weight is 1720 g/mol. The fraction of sp³-hybridized carbons (Fsp3) is 0.538.